The summed E-state index contributed by atoms with van der Waals surface area (Å²) in [5.41, 5.74) is 2.05. The number of aryl methyl sites for hydroxylation is 1. The maximum absolute atomic E-state index is 12.3. The molecule has 1 aromatic carbocycles. The van der Waals surface area contributed by atoms with Gasteiger partial charge in [-0.05, 0) is 31.5 Å². The first kappa shape index (κ1) is 17.9. The molecule has 1 aromatic heterocycles. The van der Waals surface area contributed by atoms with E-state index < -0.39 is 0 Å². The van der Waals surface area contributed by atoms with E-state index in [1.165, 1.54) is 11.3 Å². The molecule has 1 amide bonds. The minimum atomic E-state index is 0. The van der Waals surface area contributed by atoms with Crippen molar-refractivity contribution in [3.05, 3.63) is 45.9 Å². The van der Waals surface area contributed by atoms with Gasteiger partial charge in [0.2, 0.25) is 5.91 Å². The van der Waals surface area contributed by atoms with Crippen LogP contribution in [-0.2, 0) is 11.3 Å². The van der Waals surface area contributed by atoms with Crippen molar-refractivity contribution in [1.29, 1.82) is 0 Å². The largest absolute Gasteiger partial charge is 0.412 e. The van der Waals surface area contributed by atoms with E-state index in [0.29, 0.717) is 5.13 Å². The molecule has 1 saturated heterocycles. The Morgan fingerprint density at radius 1 is 1.48 bits per heavy atom. The van der Waals surface area contributed by atoms with Gasteiger partial charge >= 0.3 is 0 Å². The highest BCUT2D eigenvalue weighted by Crippen LogP contribution is 2.24. The van der Waals surface area contributed by atoms with E-state index in [4.69, 9.17) is 11.6 Å². The smallest absolute Gasteiger partial charge is 0.230 e. The van der Waals surface area contributed by atoms with Crippen LogP contribution in [-0.4, -0.2) is 34.4 Å². The molecule has 0 aliphatic carbocycles. The van der Waals surface area contributed by atoms with E-state index in [0.717, 1.165) is 42.3 Å². The Morgan fingerprint density at radius 3 is 2.96 bits per heavy atom. The Hall–Kier alpha value is -1.47. The predicted molar refractivity (Wildman–Crippen MR) is 93.9 cm³/mol. The number of rotatable bonds is 4. The molecule has 0 spiro atoms. The lowest BCUT2D eigenvalue weighted by Gasteiger charge is -2.16. The van der Waals surface area contributed by atoms with Gasteiger partial charge in [0.25, 0.3) is 0 Å². The van der Waals surface area contributed by atoms with Crippen LogP contribution < -0.4 is 5.32 Å². The molecule has 7 heteroatoms. The van der Waals surface area contributed by atoms with Crippen molar-refractivity contribution in [1.82, 2.24) is 9.88 Å². The summed E-state index contributed by atoms with van der Waals surface area (Å²) in [5, 5.41) is 6.33. The van der Waals surface area contributed by atoms with Crippen LogP contribution in [0.1, 0.15) is 17.7 Å². The van der Waals surface area contributed by atoms with E-state index >= 15 is 0 Å². The lowest BCUT2D eigenvalue weighted by Crippen LogP contribution is -2.27. The third-order valence-electron chi connectivity index (χ3n) is 3.84. The summed E-state index contributed by atoms with van der Waals surface area (Å²) in [7, 11) is 0. The number of carbonyl (C=O) groups excluding carboxylic acids is 1. The Kier molecular flexibility index (Phi) is 6.12. The number of thiazole rings is 1. The van der Waals surface area contributed by atoms with Gasteiger partial charge in [0.05, 0.1) is 11.6 Å². The van der Waals surface area contributed by atoms with Crippen LogP contribution in [0.25, 0.3) is 0 Å². The fourth-order valence-corrected chi connectivity index (χ4v) is 3.56. The summed E-state index contributed by atoms with van der Waals surface area (Å²) in [6.07, 6.45) is 0.876. The topological polar surface area (TPSA) is 76.7 Å². The molecular formula is C16H20ClN3O2S. The van der Waals surface area contributed by atoms with E-state index in [-0.39, 0.29) is 17.3 Å². The number of amides is 1. The maximum Gasteiger partial charge on any atom is 0.230 e. The van der Waals surface area contributed by atoms with Gasteiger partial charge in [0, 0.05) is 23.5 Å². The number of hydrogen-bond acceptors (Lipinski definition) is 4. The van der Waals surface area contributed by atoms with E-state index in [2.05, 4.69) is 15.2 Å². The third kappa shape index (κ3) is 4.51. The minimum absolute atomic E-state index is 0. The van der Waals surface area contributed by atoms with Crippen molar-refractivity contribution in [2.24, 2.45) is 5.92 Å². The van der Waals surface area contributed by atoms with Crippen molar-refractivity contribution in [3.63, 3.8) is 0 Å². The highest BCUT2D eigenvalue weighted by Gasteiger charge is 2.28. The van der Waals surface area contributed by atoms with Crippen molar-refractivity contribution in [2.75, 3.05) is 18.4 Å². The summed E-state index contributed by atoms with van der Waals surface area (Å²) in [4.78, 5) is 18.8. The second-order valence-corrected chi connectivity index (χ2v) is 6.86. The number of likely N-dealkylation sites (tertiary alicyclic amines) is 1. The SMILES string of the molecule is Cc1csc(NC(=O)[C@H]2CCN(Cc3ccccc3Cl)C2)n1.O. The van der Waals surface area contributed by atoms with Crippen molar-refractivity contribution < 1.29 is 10.3 Å². The quantitative estimate of drug-likeness (QED) is 0.918. The second kappa shape index (κ2) is 7.88. The molecule has 3 N–H and O–H groups in total. The van der Waals surface area contributed by atoms with E-state index in [9.17, 15) is 4.79 Å². The molecule has 1 fully saturated rings. The lowest BCUT2D eigenvalue weighted by atomic mass is 10.1. The average molecular weight is 354 g/mol. The molecule has 0 bridgehead atoms. The number of anilines is 1. The third-order valence-corrected chi connectivity index (χ3v) is 5.09. The molecule has 0 unspecified atom stereocenters. The van der Waals surface area contributed by atoms with Crippen LogP contribution in [0.2, 0.25) is 5.02 Å². The number of halogens is 1. The van der Waals surface area contributed by atoms with Crippen LogP contribution >= 0.6 is 22.9 Å². The number of carbonyl (C=O) groups is 1. The molecule has 124 valence electrons. The van der Waals surface area contributed by atoms with E-state index in [1.54, 1.807) is 0 Å². The molecule has 0 radical (unpaired) electrons. The summed E-state index contributed by atoms with van der Waals surface area (Å²) in [6.45, 7) is 4.40. The Bertz CT molecular complexity index is 677. The fraction of sp³-hybridized carbons (Fsp3) is 0.375. The van der Waals surface area contributed by atoms with Crippen molar-refractivity contribution in [3.8, 4) is 0 Å². The Morgan fingerprint density at radius 2 is 2.26 bits per heavy atom. The van der Waals surface area contributed by atoms with Gasteiger partial charge in [-0.25, -0.2) is 4.98 Å². The monoisotopic (exact) mass is 353 g/mol. The zero-order valence-electron chi connectivity index (χ0n) is 12.9. The van der Waals surface area contributed by atoms with Crippen LogP contribution in [0.5, 0.6) is 0 Å². The highest BCUT2D eigenvalue weighted by atomic mass is 35.5. The maximum atomic E-state index is 12.3. The lowest BCUT2D eigenvalue weighted by molar-refractivity contribution is -0.119. The molecule has 0 saturated carbocycles. The summed E-state index contributed by atoms with van der Waals surface area (Å²) in [6, 6.07) is 7.87. The van der Waals surface area contributed by atoms with Crippen LogP contribution in [0, 0.1) is 12.8 Å². The predicted octanol–water partition coefficient (Wildman–Crippen LogP) is 2.74. The molecular weight excluding hydrogens is 334 g/mol. The van der Waals surface area contributed by atoms with Gasteiger partial charge in [-0.1, -0.05) is 29.8 Å². The van der Waals surface area contributed by atoms with E-state index in [1.807, 2.05) is 36.6 Å². The fourth-order valence-electron chi connectivity index (χ4n) is 2.68. The Balaban J connectivity index is 0.00000192. The number of aromatic nitrogens is 1. The molecule has 5 nitrogen and oxygen atoms in total. The zero-order valence-corrected chi connectivity index (χ0v) is 14.5. The van der Waals surface area contributed by atoms with Gasteiger partial charge < -0.3 is 10.8 Å². The van der Waals surface area contributed by atoms with Gasteiger partial charge in [0.15, 0.2) is 5.13 Å². The summed E-state index contributed by atoms with van der Waals surface area (Å²) in [5.74, 6) is 0.0858. The summed E-state index contributed by atoms with van der Waals surface area (Å²) >= 11 is 7.67. The van der Waals surface area contributed by atoms with Crippen molar-refractivity contribution >= 4 is 34.0 Å². The van der Waals surface area contributed by atoms with Gasteiger partial charge in [0.1, 0.15) is 0 Å². The standard InChI is InChI=1S/C16H18ClN3OS.H2O/c1-11-10-22-16(18-11)19-15(21)13-6-7-20(9-13)8-12-4-2-3-5-14(12)17;/h2-5,10,13H,6-9H2,1H3,(H,18,19,21);1H2/t13-;/m0./s1. The second-order valence-electron chi connectivity index (χ2n) is 5.60. The minimum Gasteiger partial charge on any atom is -0.412 e. The van der Waals surface area contributed by atoms with Crippen LogP contribution in [0.3, 0.4) is 0 Å². The first-order valence-electron chi connectivity index (χ1n) is 7.30. The van der Waals surface area contributed by atoms with Crippen molar-refractivity contribution in [2.45, 2.75) is 19.9 Å². The number of nitrogens with zero attached hydrogens (tertiary/aromatic N) is 2. The average Bonchev–Trinajstić information content (AvgIpc) is 3.11. The molecule has 2 aromatic rings. The summed E-state index contributed by atoms with van der Waals surface area (Å²) < 4.78 is 0. The van der Waals surface area contributed by atoms with Crippen LogP contribution in [0.4, 0.5) is 5.13 Å². The Labute approximate surface area is 144 Å². The molecule has 2 heterocycles. The van der Waals surface area contributed by atoms with Crippen LogP contribution in [0.15, 0.2) is 29.6 Å². The number of hydrogen-bond donors (Lipinski definition) is 1. The normalized spacial score (nSPS) is 17.7. The van der Waals surface area contributed by atoms with Gasteiger partial charge in [-0.3, -0.25) is 9.69 Å². The highest BCUT2D eigenvalue weighted by molar-refractivity contribution is 7.13. The van der Waals surface area contributed by atoms with Gasteiger partial charge in [-0.2, -0.15) is 0 Å². The molecule has 1 aliphatic heterocycles. The number of benzene rings is 1. The zero-order chi connectivity index (χ0) is 15.5. The first-order chi connectivity index (χ1) is 10.6. The molecule has 23 heavy (non-hydrogen) atoms. The molecule has 3 rings (SSSR count). The number of nitrogens with one attached hydrogen (secondary N) is 1. The first-order valence-corrected chi connectivity index (χ1v) is 8.56. The molecule has 1 atom stereocenters. The van der Waals surface area contributed by atoms with Gasteiger partial charge in [-0.15, -0.1) is 11.3 Å². The molecule has 1 aliphatic rings.